The molecule has 1 aromatic carbocycles. The Bertz CT molecular complexity index is 852. The van der Waals surface area contributed by atoms with Gasteiger partial charge >= 0.3 is 0 Å². The first kappa shape index (κ1) is 16.2. The van der Waals surface area contributed by atoms with Gasteiger partial charge in [-0.15, -0.1) is 17.9 Å². The van der Waals surface area contributed by atoms with Crippen LogP contribution in [0.1, 0.15) is 11.1 Å². The van der Waals surface area contributed by atoms with Crippen molar-refractivity contribution in [3.05, 3.63) is 65.6 Å². The lowest BCUT2D eigenvalue weighted by Gasteiger charge is -2.08. The van der Waals surface area contributed by atoms with Gasteiger partial charge in [-0.05, 0) is 23.4 Å². The highest BCUT2D eigenvalue weighted by Gasteiger charge is 2.10. The minimum absolute atomic E-state index is 0.624. The van der Waals surface area contributed by atoms with Gasteiger partial charge in [-0.2, -0.15) is 4.98 Å². The summed E-state index contributed by atoms with van der Waals surface area (Å²) in [4.78, 5) is 9.18. The van der Waals surface area contributed by atoms with Gasteiger partial charge in [0.1, 0.15) is 5.82 Å². The molecule has 24 heavy (non-hydrogen) atoms. The molecular weight excluding hydrogens is 316 g/mol. The van der Waals surface area contributed by atoms with Crippen LogP contribution in [0.3, 0.4) is 0 Å². The van der Waals surface area contributed by atoms with Crippen molar-refractivity contribution >= 4 is 39.4 Å². The average Bonchev–Trinajstić information content (AvgIpc) is 2.99. The van der Waals surface area contributed by atoms with Gasteiger partial charge in [0.05, 0.1) is 10.2 Å². The molecule has 0 atom stereocenters. The summed E-state index contributed by atoms with van der Waals surface area (Å²) < 4.78 is 1.09. The fourth-order valence-corrected chi connectivity index (χ4v) is 3.26. The van der Waals surface area contributed by atoms with Crippen LogP contribution in [-0.2, 0) is 0 Å². The van der Waals surface area contributed by atoms with Crippen LogP contribution >= 0.6 is 11.3 Å². The highest BCUT2D eigenvalue weighted by Crippen LogP contribution is 2.30. The fourth-order valence-electron chi connectivity index (χ4n) is 2.31. The molecule has 0 radical (unpaired) electrons. The Balaban J connectivity index is 1.77. The third-order valence-electron chi connectivity index (χ3n) is 3.49. The third kappa shape index (κ3) is 3.81. The number of hydrogen-bond acceptors (Lipinski definition) is 5. The molecule has 4 nitrogen and oxygen atoms in total. The van der Waals surface area contributed by atoms with E-state index in [0.717, 1.165) is 16.0 Å². The second-order valence-electron chi connectivity index (χ2n) is 5.36. The van der Waals surface area contributed by atoms with E-state index >= 15 is 0 Å². The quantitative estimate of drug-likeness (QED) is 0.613. The maximum absolute atomic E-state index is 4.59. The molecule has 0 aliphatic carbocycles. The summed E-state index contributed by atoms with van der Waals surface area (Å²) in [6.45, 7) is 7.14. The lowest BCUT2D eigenvalue weighted by atomic mass is 10.2. The topological polar surface area (TPSA) is 49.8 Å². The maximum atomic E-state index is 4.59. The molecule has 2 aromatic heterocycles. The van der Waals surface area contributed by atoms with Gasteiger partial charge in [0.25, 0.3) is 0 Å². The SMILES string of the molecule is C=CCNc1nc(NCC=Cc2ccccc2)c2scc(C)c2n1. The predicted octanol–water partition coefficient (Wildman–Crippen LogP) is 4.72. The average molecular weight is 336 g/mol. The van der Waals surface area contributed by atoms with Crippen LogP contribution in [-0.4, -0.2) is 23.1 Å². The van der Waals surface area contributed by atoms with E-state index in [9.17, 15) is 0 Å². The number of fused-ring (bicyclic) bond motifs is 1. The largest absolute Gasteiger partial charge is 0.365 e. The number of thiophene rings is 1. The van der Waals surface area contributed by atoms with Crippen molar-refractivity contribution in [1.29, 1.82) is 0 Å². The van der Waals surface area contributed by atoms with Gasteiger partial charge in [0.2, 0.25) is 5.95 Å². The molecule has 3 aromatic rings. The summed E-state index contributed by atoms with van der Waals surface area (Å²) in [7, 11) is 0. The highest BCUT2D eigenvalue weighted by molar-refractivity contribution is 7.18. The van der Waals surface area contributed by atoms with Crippen LogP contribution in [0.2, 0.25) is 0 Å². The Labute approximate surface area is 146 Å². The number of nitrogens with zero attached hydrogens (tertiary/aromatic N) is 2. The molecule has 0 spiro atoms. The zero-order valence-electron chi connectivity index (χ0n) is 13.6. The summed E-state index contributed by atoms with van der Waals surface area (Å²) in [6.07, 6.45) is 5.99. The van der Waals surface area contributed by atoms with Gasteiger partial charge < -0.3 is 10.6 Å². The molecular formula is C19H20N4S. The maximum Gasteiger partial charge on any atom is 0.225 e. The zero-order valence-corrected chi connectivity index (χ0v) is 14.4. The molecule has 0 aliphatic rings. The first-order valence-corrected chi connectivity index (χ1v) is 8.72. The molecule has 0 bridgehead atoms. The van der Waals surface area contributed by atoms with Crippen molar-refractivity contribution in [3.8, 4) is 0 Å². The first-order valence-electron chi connectivity index (χ1n) is 7.84. The van der Waals surface area contributed by atoms with Crippen molar-refractivity contribution in [2.24, 2.45) is 0 Å². The van der Waals surface area contributed by atoms with Crippen molar-refractivity contribution < 1.29 is 0 Å². The van der Waals surface area contributed by atoms with Crippen molar-refractivity contribution in [1.82, 2.24) is 9.97 Å². The molecule has 2 heterocycles. The molecule has 5 heteroatoms. The number of nitrogens with one attached hydrogen (secondary N) is 2. The second-order valence-corrected chi connectivity index (χ2v) is 6.24. The normalized spacial score (nSPS) is 11.0. The van der Waals surface area contributed by atoms with E-state index in [-0.39, 0.29) is 0 Å². The van der Waals surface area contributed by atoms with Gasteiger partial charge in [-0.25, -0.2) is 4.98 Å². The van der Waals surface area contributed by atoms with Crippen LogP contribution in [0, 0.1) is 6.92 Å². The van der Waals surface area contributed by atoms with Gasteiger partial charge in [-0.1, -0.05) is 48.6 Å². The van der Waals surface area contributed by atoms with Crippen molar-refractivity contribution in [2.75, 3.05) is 23.7 Å². The Morgan fingerprint density at radius 2 is 1.96 bits per heavy atom. The minimum atomic E-state index is 0.624. The first-order chi connectivity index (χ1) is 11.8. The molecule has 0 saturated carbocycles. The van der Waals surface area contributed by atoms with E-state index in [0.29, 0.717) is 19.0 Å². The van der Waals surface area contributed by atoms with E-state index in [1.54, 1.807) is 17.4 Å². The van der Waals surface area contributed by atoms with Gasteiger partial charge in [0, 0.05) is 13.1 Å². The summed E-state index contributed by atoms with van der Waals surface area (Å²) >= 11 is 1.67. The van der Waals surface area contributed by atoms with E-state index in [1.165, 1.54) is 11.1 Å². The lowest BCUT2D eigenvalue weighted by molar-refractivity contribution is 1.14. The van der Waals surface area contributed by atoms with Crippen LogP contribution < -0.4 is 10.6 Å². The smallest absolute Gasteiger partial charge is 0.225 e. The van der Waals surface area contributed by atoms with Crippen LogP contribution in [0.15, 0.2) is 54.4 Å². The number of aryl methyl sites for hydroxylation is 1. The highest BCUT2D eigenvalue weighted by atomic mass is 32.1. The molecule has 0 saturated heterocycles. The van der Waals surface area contributed by atoms with Gasteiger partial charge in [0.15, 0.2) is 0 Å². The Hall–Kier alpha value is -2.66. The summed E-state index contributed by atoms with van der Waals surface area (Å²) in [5.74, 6) is 1.49. The number of rotatable bonds is 7. The lowest BCUT2D eigenvalue weighted by Crippen LogP contribution is -2.07. The zero-order chi connectivity index (χ0) is 16.8. The molecule has 0 fully saturated rings. The summed E-state index contributed by atoms with van der Waals surface area (Å²) in [5.41, 5.74) is 3.35. The molecule has 2 N–H and O–H groups in total. The minimum Gasteiger partial charge on any atom is -0.365 e. The van der Waals surface area contributed by atoms with E-state index in [1.807, 2.05) is 18.2 Å². The monoisotopic (exact) mass is 336 g/mol. The van der Waals surface area contributed by atoms with Crippen molar-refractivity contribution in [3.63, 3.8) is 0 Å². The number of benzene rings is 1. The molecule has 122 valence electrons. The molecule has 0 unspecified atom stereocenters. The van der Waals surface area contributed by atoms with Crippen LogP contribution in [0.25, 0.3) is 16.3 Å². The summed E-state index contributed by atoms with van der Waals surface area (Å²) in [6, 6.07) is 10.3. The van der Waals surface area contributed by atoms with E-state index in [4.69, 9.17) is 0 Å². The third-order valence-corrected chi connectivity index (χ3v) is 4.59. The number of aromatic nitrogens is 2. The Kier molecular flexibility index (Phi) is 5.23. The standard InChI is InChI=1S/C19H20N4S/c1-3-11-21-19-22-16-14(2)13-24-17(16)18(23-19)20-12-7-10-15-8-5-4-6-9-15/h3-10,13H,1,11-12H2,2H3,(H2,20,21,22,23). The molecule has 3 rings (SSSR count). The number of anilines is 2. The van der Waals surface area contributed by atoms with Crippen molar-refractivity contribution in [2.45, 2.75) is 6.92 Å². The Morgan fingerprint density at radius 3 is 2.75 bits per heavy atom. The summed E-state index contributed by atoms with van der Waals surface area (Å²) in [5, 5.41) is 8.67. The fraction of sp³-hybridized carbons (Fsp3) is 0.158. The van der Waals surface area contributed by atoms with Crippen LogP contribution in [0.5, 0.6) is 0 Å². The van der Waals surface area contributed by atoms with Crippen LogP contribution in [0.4, 0.5) is 11.8 Å². The predicted molar refractivity (Wildman–Crippen MR) is 105 cm³/mol. The molecule has 0 amide bonds. The Morgan fingerprint density at radius 1 is 1.12 bits per heavy atom. The molecule has 0 aliphatic heterocycles. The van der Waals surface area contributed by atoms with Gasteiger partial charge in [-0.3, -0.25) is 0 Å². The van der Waals surface area contributed by atoms with E-state index < -0.39 is 0 Å². The van der Waals surface area contributed by atoms with E-state index in [2.05, 4.69) is 63.8 Å². The number of hydrogen-bond donors (Lipinski definition) is 2. The second kappa shape index (κ2) is 7.75.